The molecule has 0 fully saturated rings. The van der Waals surface area contributed by atoms with Crippen LogP contribution in [0.15, 0.2) is 47.3 Å². The summed E-state index contributed by atoms with van der Waals surface area (Å²) in [6.07, 6.45) is -0.229. The van der Waals surface area contributed by atoms with Crippen LogP contribution in [0.1, 0.15) is 47.6 Å². The zero-order valence-corrected chi connectivity index (χ0v) is 19.2. The molecule has 1 heterocycles. The summed E-state index contributed by atoms with van der Waals surface area (Å²) in [5.74, 6) is -1.87. The molecule has 10 heteroatoms. The minimum Gasteiger partial charge on any atom is -0.480 e. The third kappa shape index (κ3) is 5.58. The number of nitrogens with one attached hydrogen (secondary N) is 2. The molecule has 0 aliphatic heterocycles. The fourth-order valence-corrected chi connectivity index (χ4v) is 3.61. The quantitative estimate of drug-likeness (QED) is 0.375. The van der Waals surface area contributed by atoms with Crippen LogP contribution in [0.4, 0.5) is 5.69 Å². The number of anilines is 1. The number of hydrogen-bond acceptors (Lipinski definition) is 6. The maximum atomic E-state index is 12.5. The highest BCUT2D eigenvalue weighted by molar-refractivity contribution is 5.97. The first-order chi connectivity index (χ1) is 16.1. The van der Waals surface area contributed by atoms with E-state index in [9.17, 15) is 24.3 Å². The van der Waals surface area contributed by atoms with Crippen LogP contribution >= 0.6 is 0 Å². The van der Waals surface area contributed by atoms with Gasteiger partial charge < -0.3 is 26.0 Å². The Labute approximate surface area is 195 Å². The molecular weight excluding hydrogens is 438 g/mol. The predicted molar refractivity (Wildman–Crippen MR) is 128 cm³/mol. The number of rotatable bonds is 9. The van der Waals surface area contributed by atoms with Crippen LogP contribution in [-0.2, 0) is 9.59 Å². The molecule has 3 rings (SSSR count). The molecule has 1 aromatic heterocycles. The van der Waals surface area contributed by atoms with Crippen molar-refractivity contribution in [3.05, 3.63) is 69.8 Å². The van der Waals surface area contributed by atoms with Crippen LogP contribution in [0.3, 0.4) is 0 Å². The smallest absolute Gasteiger partial charge is 0.326 e. The second-order valence-electron chi connectivity index (χ2n) is 8.13. The van der Waals surface area contributed by atoms with Gasteiger partial charge in [0.1, 0.15) is 11.9 Å². The van der Waals surface area contributed by atoms with Gasteiger partial charge in [-0.3, -0.25) is 14.4 Å². The van der Waals surface area contributed by atoms with Gasteiger partial charge in [-0.1, -0.05) is 6.07 Å². The van der Waals surface area contributed by atoms with Gasteiger partial charge >= 0.3 is 5.97 Å². The van der Waals surface area contributed by atoms with Gasteiger partial charge in [-0.05, 0) is 62.2 Å². The normalized spacial score (nSPS) is 12.7. The fraction of sp³-hybridized carbons (Fsp3) is 0.292. The third-order valence-electron chi connectivity index (χ3n) is 5.73. The number of primary amides is 1. The van der Waals surface area contributed by atoms with Crippen LogP contribution in [-0.4, -0.2) is 45.9 Å². The number of amides is 2. The van der Waals surface area contributed by atoms with Crippen molar-refractivity contribution in [2.24, 2.45) is 5.73 Å². The van der Waals surface area contributed by atoms with Crippen LogP contribution in [0, 0.1) is 6.92 Å². The van der Waals surface area contributed by atoms with E-state index in [-0.39, 0.29) is 30.0 Å². The standard InChI is InChI=1S/C24H27N5O5/c1-13(16-6-9-19-18(12-16)23(32)27-14(2)26-19)29(3)17-7-4-15(5-8-17)22(31)28-20(24(33)34)10-11-21(25)30/h4-9,12-13,20H,10-11H2,1-3H3,(H2,25,30)(H,28,31)(H,33,34)(H,26,27,32)/t13?,20-/m0/s1. The number of carbonyl (C=O) groups is 3. The van der Waals surface area contributed by atoms with Crippen molar-refractivity contribution in [1.29, 1.82) is 0 Å². The van der Waals surface area contributed by atoms with Crippen molar-refractivity contribution in [3.8, 4) is 0 Å². The predicted octanol–water partition coefficient (Wildman–Crippen LogP) is 1.88. The first kappa shape index (κ1) is 24.4. The van der Waals surface area contributed by atoms with Crippen LogP contribution in [0.5, 0.6) is 0 Å². The molecule has 2 atom stereocenters. The molecule has 0 aliphatic rings. The van der Waals surface area contributed by atoms with Crippen molar-refractivity contribution in [2.45, 2.75) is 38.8 Å². The summed E-state index contributed by atoms with van der Waals surface area (Å²) in [5, 5.41) is 12.2. The van der Waals surface area contributed by atoms with Gasteiger partial charge in [0.25, 0.3) is 11.5 Å². The number of nitrogens with two attached hydrogens (primary N) is 1. The van der Waals surface area contributed by atoms with Crippen molar-refractivity contribution >= 4 is 34.4 Å². The monoisotopic (exact) mass is 465 g/mol. The number of aromatic amines is 1. The lowest BCUT2D eigenvalue weighted by atomic mass is 10.0. The second kappa shape index (κ2) is 10.2. The highest BCUT2D eigenvalue weighted by atomic mass is 16.4. The number of aliphatic carboxylic acids is 1. The summed E-state index contributed by atoms with van der Waals surface area (Å²) in [4.78, 5) is 56.1. The van der Waals surface area contributed by atoms with Crippen molar-refractivity contribution in [3.63, 3.8) is 0 Å². The molecule has 2 aromatic carbocycles. The second-order valence-corrected chi connectivity index (χ2v) is 8.13. The largest absolute Gasteiger partial charge is 0.480 e. The van der Waals surface area contributed by atoms with E-state index in [1.54, 1.807) is 31.2 Å². The van der Waals surface area contributed by atoms with Gasteiger partial charge in [-0.15, -0.1) is 0 Å². The van der Waals surface area contributed by atoms with E-state index in [0.717, 1.165) is 11.3 Å². The topological polar surface area (TPSA) is 158 Å². The average molecular weight is 466 g/mol. The number of fused-ring (bicyclic) bond motifs is 1. The Morgan fingerprint density at radius 1 is 1.18 bits per heavy atom. The lowest BCUT2D eigenvalue weighted by Gasteiger charge is -2.28. The molecule has 0 saturated carbocycles. The summed E-state index contributed by atoms with van der Waals surface area (Å²) in [5.41, 5.74) is 7.54. The van der Waals surface area contributed by atoms with Crippen molar-refractivity contribution < 1.29 is 19.5 Å². The molecule has 0 radical (unpaired) electrons. The zero-order valence-electron chi connectivity index (χ0n) is 19.2. The van der Waals surface area contributed by atoms with Crippen molar-refractivity contribution in [2.75, 3.05) is 11.9 Å². The highest BCUT2D eigenvalue weighted by Gasteiger charge is 2.21. The number of carboxylic acids is 1. The molecule has 10 nitrogen and oxygen atoms in total. The van der Waals surface area contributed by atoms with E-state index in [0.29, 0.717) is 16.7 Å². The van der Waals surface area contributed by atoms with E-state index < -0.39 is 23.8 Å². The minimum atomic E-state index is -1.24. The summed E-state index contributed by atoms with van der Waals surface area (Å²) >= 11 is 0. The van der Waals surface area contributed by atoms with Crippen LogP contribution < -0.4 is 21.5 Å². The van der Waals surface area contributed by atoms with Gasteiger partial charge in [0.05, 0.1) is 16.9 Å². The minimum absolute atomic E-state index is 0.0849. The van der Waals surface area contributed by atoms with Gasteiger partial charge in [-0.2, -0.15) is 0 Å². The molecule has 3 aromatic rings. The lowest BCUT2D eigenvalue weighted by molar-refractivity contribution is -0.139. The zero-order chi connectivity index (χ0) is 25.0. The maximum absolute atomic E-state index is 12.5. The summed E-state index contributed by atoms with van der Waals surface area (Å²) in [6.45, 7) is 3.73. The van der Waals surface area contributed by atoms with Gasteiger partial charge in [0, 0.05) is 24.7 Å². The van der Waals surface area contributed by atoms with E-state index in [1.807, 2.05) is 37.1 Å². The Morgan fingerprint density at radius 3 is 2.47 bits per heavy atom. The van der Waals surface area contributed by atoms with Crippen LogP contribution in [0.2, 0.25) is 0 Å². The average Bonchev–Trinajstić information content (AvgIpc) is 2.80. The van der Waals surface area contributed by atoms with E-state index in [1.165, 1.54) is 0 Å². The Balaban J connectivity index is 1.74. The Bertz CT molecular complexity index is 1290. The number of aryl methyl sites for hydroxylation is 1. The molecule has 2 amide bonds. The molecule has 178 valence electrons. The number of carboxylic acid groups (broad SMARTS) is 1. The molecule has 5 N–H and O–H groups in total. The number of nitrogens with zero attached hydrogens (tertiary/aromatic N) is 2. The number of H-pyrrole nitrogens is 1. The van der Waals surface area contributed by atoms with Crippen LogP contribution in [0.25, 0.3) is 10.9 Å². The number of hydrogen-bond donors (Lipinski definition) is 4. The Hall–Kier alpha value is -4.21. The molecule has 0 bridgehead atoms. The van der Waals surface area contributed by atoms with Gasteiger partial charge in [0.15, 0.2) is 0 Å². The SMILES string of the molecule is Cc1nc2ccc(C(C)N(C)c3ccc(C(=O)N[C@@H](CCC(N)=O)C(=O)O)cc3)cc2c(=O)[nH]1. The molecule has 0 saturated heterocycles. The fourth-order valence-electron chi connectivity index (χ4n) is 3.61. The number of benzene rings is 2. The highest BCUT2D eigenvalue weighted by Crippen LogP contribution is 2.27. The summed E-state index contributed by atoms with van der Waals surface area (Å²) < 4.78 is 0. The first-order valence-electron chi connectivity index (χ1n) is 10.7. The number of aromatic nitrogens is 2. The Kier molecular flexibility index (Phi) is 7.30. The number of carbonyl (C=O) groups excluding carboxylic acids is 2. The first-order valence-corrected chi connectivity index (χ1v) is 10.7. The lowest BCUT2D eigenvalue weighted by Crippen LogP contribution is -2.41. The van der Waals surface area contributed by atoms with E-state index in [2.05, 4.69) is 15.3 Å². The third-order valence-corrected chi connectivity index (χ3v) is 5.73. The molecule has 0 spiro atoms. The Morgan fingerprint density at radius 2 is 1.85 bits per heavy atom. The van der Waals surface area contributed by atoms with Gasteiger partial charge in [-0.25, -0.2) is 9.78 Å². The molecular formula is C24H27N5O5. The van der Waals surface area contributed by atoms with E-state index in [4.69, 9.17) is 5.73 Å². The summed E-state index contributed by atoms with van der Waals surface area (Å²) in [6, 6.07) is 11.0. The molecule has 0 aliphatic carbocycles. The maximum Gasteiger partial charge on any atom is 0.326 e. The molecule has 34 heavy (non-hydrogen) atoms. The van der Waals surface area contributed by atoms with Gasteiger partial charge in [0.2, 0.25) is 5.91 Å². The van der Waals surface area contributed by atoms with E-state index >= 15 is 0 Å². The summed E-state index contributed by atoms with van der Waals surface area (Å²) in [7, 11) is 1.89. The molecule has 1 unspecified atom stereocenters. The van der Waals surface area contributed by atoms with Crippen molar-refractivity contribution in [1.82, 2.24) is 15.3 Å².